The predicted octanol–water partition coefficient (Wildman–Crippen LogP) is 3.38. The van der Waals surface area contributed by atoms with Gasteiger partial charge in [0.15, 0.2) is 5.16 Å². The highest BCUT2D eigenvalue weighted by Gasteiger charge is 2.06. The van der Waals surface area contributed by atoms with Gasteiger partial charge in [0.05, 0.1) is 17.6 Å². The molecule has 0 aliphatic rings. The van der Waals surface area contributed by atoms with Crippen LogP contribution in [0.15, 0.2) is 46.6 Å². The van der Waals surface area contributed by atoms with Crippen LogP contribution < -0.4 is 4.74 Å². The first-order valence-corrected chi connectivity index (χ1v) is 7.26. The lowest BCUT2D eigenvalue weighted by molar-refractivity contribution is 0.340. The molecule has 0 amide bonds. The number of H-pyrrole nitrogens is 1. The van der Waals surface area contributed by atoms with Gasteiger partial charge in [-0.25, -0.2) is 9.97 Å². The Hall–Kier alpha value is -2.52. The van der Waals surface area contributed by atoms with Crippen LogP contribution in [0.3, 0.4) is 0 Å². The molecule has 0 aliphatic carbocycles. The number of aromatic amines is 1. The van der Waals surface area contributed by atoms with Crippen molar-refractivity contribution in [3.63, 3.8) is 0 Å². The molecule has 0 spiro atoms. The summed E-state index contributed by atoms with van der Waals surface area (Å²) in [6.07, 6.45) is 1.67. The highest BCUT2D eigenvalue weighted by atomic mass is 32.2. The molecule has 0 radical (unpaired) electrons. The lowest BCUT2D eigenvalue weighted by Crippen LogP contribution is -1.90. The van der Waals surface area contributed by atoms with E-state index in [0.717, 1.165) is 26.8 Å². The molecule has 21 heavy (non-hydrogen) atoms. The van der Waals surface area contributed by atoms with E-state index in [2.05, 4.69) is 15.0 Å². The van der Waals surface area contributed by atoms with Crippen LogP contribution in [0.4, 0.5) is 0 Å². The number of fused-ring (bicyclic) bond motifs is 1. The van der Waals surface area contributed by atoms with Gasteiger partial charge in [-0.3, -0.25) is 0 Å². The fourth-order valence-electron chi connectivity index (χ4n) is 1.89. The van der Waals surface area contributed by atoms with E-state index >= 15 is 0 Å². The Morgan fingerprint density at radius 2 is 2.24 bits per heavy atom. The number of ether oxygens (including phenoxy) is 1. The Morgan fingerprint density at radius 3 is 2.95 bits per heavy atom. The van der Waals surface area contributed by atoms with Gasteiger partial charge >= 0.3 is 0 Å². The number of nitrogens with zero attached hydrogens (tertiary/aromatic N) is 3. The third-order valence-electron chi connectivity index (χ3n) is 2.81. The highest BCUT2D eigenvalue weighted by Crippen LogP contribution is 2.28. The summed E-state index contributed by atoms with van der Waals surface area (Å²) in [4.78, 5) is 12.7. The fraction of sp³-hybridized carbons (Fsp3) is 0.133. The van der Waals surface area contributed by atoms with Gasteiger partial charge in [-0.2, -0.15) is 5.26 Å². The van der Waals surface area contributed by atoms with Crippen LogP contribution in [0.1, 0.15) is 12.6 Å². The minimum Gasteiger partial charge on any atom is -0.494 e. The number of rotatable bonds is 4. The van der Waals surface area contributed by atoms with Gasteiger partial charge in [0.1, 0.15) is 17.5 Å². The SMILES string of the molecule is CCOc1ccc2nc(Sc3ccc(C#N)nc3)[nH]c2c1. The van der Waals surface area contributed by atoms with E-state index in [-0.39, 0.29) is 0 Å². The van der Waals surface area contributed by atoms with E-state index < -0.39 is 0 Å². The van der Waals surface area contributed by atoms with Crippen molar-refractivity contribution in [3.8, 4) is 11.8 Å². The zero-order valence-corrected chi connectivity index (χ0v) is 12.1. The summed E-state index contributed by atoms with van der Waals surface area (Å²) < 4.78 is 5.47. The summed E-state index contributed by atoms with van der Waals surface area (Å²) in [6.45, 7) is 2.59. The third-order valence-corrected chi connectivity index (χ3v) is 3.67. The van der Waals surface area contributed by atoms with Crippen LogP contribution >= 0.6 is 11.8 Å². The smallest absolute Gasteiger partial charge is 0.171 e. The number of imidazole rings is 1. The summed E-state index contributed by atoms with van der Waals surface area (Å²) in [7, 11) is 0. The van der Waals surface area contributed by atoms with E-state index in [1.165, 1.54) is 11.8 Å². The number of nitrogens with one attached hydrogen (secondary N) is 1. The van der Waals surface area contributed by atoms with E-state index in [0.29, 0.717) is 12.3 Å². The highest BCUT2D eigenvalue weighted by molar-refractivity contribution is 7.99. The zero-order valence-electron chi connectivity index (χ0n) is 11.3. The van der Waals surface area contributed by atoms with Crippen LogP contribution in [0, 0.1) is 11.3 Å². The monoisotopic (exact) mass is 296 g/mol. The molecular weight excluding hydrogens is 284 g/mol. The van der Waals surface area contributed by atoms with E-state index in [1.807, 2.05) is 37.3 Å². The molecule has 3 rings (SSSR count). The van der Waals surface area contributed by atoms with Crippen LogP contribution in [0.5, 0.6) is 5.75 Å². The second-order valence-electron chi connectivity index (χ2n) is 4.25. The Morgan fingerprint density at radius 1 is 1.33 bits per heavy atom. The van der Waals surface area contributed by atoms with E-state index in [4.69, 9.17) is 10.00 Å². The van der Waals surface area contributed by atoms with Crippen molar-refractivity contribution in [1.82, 2.24) is 15.0 Å². The fourth-order valence-corrected chi connectivity index (χ4v) is 2.66. The summed E-state index contributed by atoms with van der Waals surface area (Å²) >= 11 is 1.47. The molecule has 0 bridgehead atoms. The van der Waals surface area contributed by atoms with Crippen molar-refractivity contribution in [2.24, 2.45) is 0 Å². The molecule has 1 N–H and O–H groups in total. The zero-order chi connectivity index (χ0) is 14.7. The molecule has 6 heteroatoms. The van der Waals surface area contributed by atoms with E-state index in [1.54, 1.807) is 12.3 Å². The number of benzene rings is 1. The van der Waals surface area contributed by atoms with E-state index in [9.17, 15) is 0 Å². The van der Waals surface area contributed by atoms with Crippen molar-refractivity contribution in [1.29, 1.82) is 5.26 Å². The summed E-state index contributed by atoms with van der Waals surface area (Å²) in [5, 5.41) is 9.52. The maximum absolute atomic E-state index is 8.73. The van der Waals surface area contributed by atoms with Gasteiger partial charge in [0.2, 0.25) is 0 Å². The molecule has 2 heterocycles. The molecule has 0 fully saturated rings. The normalized spacial score (nSPS) is 10.5. The minimum atomic E-state index is 0.408. The molecule has 1 aromatic carbocycles. The van der Waals surface area contributed by atoms with Crippen molar-refractivity contribution in [2.45, 2.75) is 17.0 Å². The first-order valence-electron chi connectivity index (χ1n) is 6.45. The third kappa shape index (κ3) is 2.98. The second-order valence-corrected chi connectivity index (χ2v) is 5.31. The van der Waals surface area contributed by atoms with Crippen LogP contribution in [-0.4, -0.2) is 21.6 Å². The van der Waals surface area contributed by atoms with Gasteiger partial charge in [-0.05, 0) is 31.2 Å². The topological polar surface area (TPSA) is 74.6 Å². The van der Waals surface area contributed by atoms with Crippen LogP contribution in [-0.2, 0) is 0 Å². The molecule has 104 valence electrons. The molecule has 0 saturated heterocycles. The molecule has 0 atom stereocenters. The summed E-state index contributed by atoms with van der Waals surface area (Å²) in [6, 6.07) is 11.3. The number of hydrogen-bond acceptors (Lipinski definition) is 5. The number of pyridine rings is 1. The van der Waals surface area contributed by atoms with Crippen LogP contribution in [0.2, 0.25) is 0 Å². The molecule has 3 aromatic rings. The van der Waals surface area contributed by atoms with Gasteiger partial charge in [0.25, 0.3) is 0 Å². The first kappa shape index (κ1) is 13.5. The van der Waals surface area contributed by atoms with Gasteiger partial charge in [-0.1, -0.05) is 11.8 Å². The minimum absolute atomic E-state index is 0.408. The molecule has 0 saturated carbocycles. The first-order chi connectivity index (χ1) is 10.3. The Labute approximate surface area is 126 Å². The Bertz CT molecular complexity index is 805. The Kier molecular flexibility index (Phi) is 3.75. The quantitative estimate of drug-likeness (QED) is 0.799. The molecular formula is C15H12N4OS. The lowest BCUT2D eigenvalue weighted by atomic mass is 10.3. The average molecular weight is 296 g/mol. The average Bonchev–Trinajstić information content (AvgIpc) is 2.90. The Balaban J connectivity index is 1.85. The van der Waals surface area contributed by atoms with Gasteiger partial charge in [0, 0.05) is 17.2 Å². The van der Waals surface area contributed by atoms with Crippen molar-refractivity contribution in [2.75, 3.05) is 6.61 Å². The summed E-state index contributed by atoms with van der Waals surface area (Å²) in [5.41, 5.74) is 2.23. The van der Waals surface area contributed by atoms with Crippen molar-refractivity contribution < 1.29 is 4.74 Å². The predicted molar refractivity (Wildman–Crippen MR) is 80.3 cm³/mol. The number of aromatic nitrogens is 3. The molecule has 5 nitrogen and oxygen atoms in total. The molecule has 0 unspecified atom stereocenters. The number of hydrogen-bond donors (Lipinski definition) is 1. The van der Waals surface area contributed by atoms with Crippen molar-refractivity contribution >= 4 is 22.8 Å². The van der Waals surface area contributed by atoms with Gasteiger partial charge < -0.3 is 9.72 Å². The van der Waals surface area contributed by atoms with Crippen molar-refractivity contribution in [3.05, 3.63) is 42.2 Å². The van der Waals surface area contributed by atoms with Crippen LogP contribution in [0.25, 0.3) is 11.0 Å². The second kappa shape index (κ2) is 5.85. The summed E-state index contributed by atoms with van der Waals surface area (Å²) in [5.74, 6) is 0.824. The maximum Gasteiger partial charge on any atom is 0.171 e. The number of nitriles is 1. The molecule has 0 aliphatic heterocycles. The standard InChI is InChI=1S/C15H12N4OS/c1-2-20-11-4-6-13-14(7-11)19-15(18-13)21-12-5-3-10(8-16)17-9-12/h3-7,9H,2H2,1H3,(H,18,19). The van der Waals surface area contributed by atoms with Gasteiger partial charge in [-0.15, -0.1) is 0 Å². The lowest BCUT2D eigenvalue weighted by Gasteiger charge is -2.00. The maximum atomic E-state index is 8.73. The largest absolute Gasteiger partial charge is 0.494 e. The molecule has 2 aromatic heterocycles.